The molecule has 9 rings (SSSR count). The van der Waals surface area contributed by atoms with Crippen molar-refractivity contribution in [2.75, 3.05) is 26.2 Å². The first-order valence-electron chi connectivity index (χ1n) is 22.0. The topological polar surface area (TPSA) is 131 Å². The minimum Gasteiger partial charge on any atom is -0.490 e. The van der Waals surface area contributed by atoms with Gasteiger partial charge in [-0.05, 0) is 87.8 Å². The minimum atomic E-state index is -0.615. The summed E-state index contributed by atoms with van der Waals surface area (Å²) in [5, 5.41) is 12.1. The molecule has 0 aromatic heterocycles. The predicted molar refractivity (Wildman–Crippen MR) is 228 cm³/mol. The van der Waals surface area contributed by atoms with Gasteiger partial charge in [0.1, 0.15) is 41.6 Å². The van der Waals surface area contributed by atoms with Crippen molar-refractivity contribution in [1.29, 1.82) is 5.26 Å². The van der Waals surface area contributed by atoms with Gasteiger partial charge in [-0.1, -0.05) is 39.3 Å². The number of rotatable bonds is 11. The molecule has 13 heteroatoms. The van der Waals surface area contributed by atoms with E-state index >= 15 is 0 Å². The van der Waals surface area contributed by atoms with E-state index < -0.39 is 11.6 Å². The van der Waals surface area contributed by atoms with Crippen molar-refractivity contribution in [3.63, 3.8) is 0 Å². The van der Waals surface area contributed by atoms with Crippen LogP contribution in [0.15, 0.2) is 53.4 Å². The third kappa shape index (κ3) is 6.94. The first-order chi connectivity index (χ1) is 28.6. The summed E-state index contributed by atoms with van der Waals surface area (Å²) >= 11 is 6.34. The van der Waals surface area contributed by atoms with E-state index in [4.69, 9.17) is 26.1 Å². The number of fused-ring (bicyclic) bond motifs is 2. The van der Waals surface area contributed by atoms with Crippen molar-refractivity contribution in [2.45, 2.75) is 135 Å². The van der Waals surface area contributed by atoms with Crippen LogP contribution in [0.2, 0.25) is 5.02 Å². The maximum absolute atomic E-state index is 13.6. The Morgan fingerprint density at radius 2 is 1.68 bits per heavy atom. The average Bonchev–Trinajstić information content (AvgIpc) is 3.95. The molecule has 60 heavy (non-hydrogen) atoms. The average molecular weight is 836 g/mol. The number of halogens is 1. The van der Waals surface area contributed by atoms with Crippen LogP contribution in [0.3, 0.4) is 0 Å². The quantitative estimate of drug-likeness (QED) is 0.241. The Labute approximate surface area is 358 Å². The lowest BCUT2D eigenvalue weighted by Crippen LogP contribution is -2.74. The van der Waals surface area contributed by atoms with Crippen molar-refractivity contribution in [3.8, 4) is 17.6 Å². The van der Waals surface area contributed by atoms with Crippen LogP contribution < -0.4 is 14.8 Å². The molecule has 3 aliphatic carbocycles. The summed E-state index contributed by atoms with van der Waals surface area (Å²) in [5.41, 5.74) is 1.31. The molecule has 12 nitrogen and oxygen atoms in total. The molecule has 0 unspecified atom stereocenters. The Morgan fingerprint density at radius 1 is 0.983 bits per heavy atom. The molecule has 3 saturated carbocycles. The second kappa shape index (κ2) is 15.1. The van der Waals surface area contributed by atoms with Gasteiger partial charge in [0.25, 0.3) is 5.91 Å². The number of amides is 3. The molecule has 4 heterocycles. The number of imide groups is 1. The number of benzene rings is 2. The van der Waals surface area contributed by atoms with Crippen LogP contribution in [-0.2, 0) is 15.1 Å². The summed E-state index contributed by atoms with van der Waals surface area (Å²) in [7, 11) is 0. The van der Waals surface area contributed by atoms with Gasteiger partial charge in [-0.3, -0.25) is 24.6 Å². The summed E-state index contributed by atoms with van der Waals surface area (Å²) in [6.45, 7) is 17.5. The fraction of sp³-hybridized carbons (Fsp3) is 0.596. The number of aliphatic imine (C=N–C) groups is 1. The molecular formula is C47H58ClN7O5. The lowest BCUT2D eigenvalue weighted by molar-refractivity contribution is -0.198. The summed E-state index contributed by atoms with van der Waals surface area (Å²) < 4.78 is 13.1. The molecule has 2 aromatic rings. The van der Waals surface area contributed by atoms with Crippen molar-refractivity contribution in [2.24, 2.45) is 21.7 Å². The Balaban J connectivity index is 0.773. The van der Waals surface area contributed by atoms with E-state index in [2.05, 4.69) is 80.0 Å². The molecule has 5 fully saturated rings. The van der Waals surface area contributed by atoms with Crippen molar-refractivity contribution >= 4 is 35.5 Å². The number of nitriles is 1. The highest BCUT2D eigenvalue weighted by atomic mass is 35.5. The molecule has 1 spiro atoms. The molecule has 318 valence electrons. The zero-order valence-corrected chi connectivity index (χ0v) is 36.5. The Bertz CT molecular complexity index is 2160. The van der Waals surface area contributed by atoms with Gasteiger partial charge in [0.05, 0.1) is 22.7 Å². The third-order valence-electron chi connectivity index (χ3n) is 14.8. The van der Waals surface area contributed by atoms with E-state index in [9.17, 15) is 19.6 Å². The van der Waals surface area contributed by atoms with Crippen LogP contribution in [0.25, 0.3) is 0 Å². The molecule has 2 aromatic carbocycles. The number of likely N-dealkylation sites (tertiary alicyclic amines) is 1. The highest BCUT2D eigenvalue weighted by molar-refractivity contribution is 6.31. The molecule has 1 N–H and O–H groups in total. The number of ether oxygens (including phenoxy) is 2. The SMILES string of the molecule is CC(C)N(CC1CCN(C2=CN(C3C(C)(C)C(Oc4ccc(C#N)c(Cl)c4)C3(C)C)CC=N2)CC1)C1CC(Oc2ccc3c(c2)C2(CC2)N([C@@H]2CCC(=O)NC2=O)C3=O)C1. The molecule has 2 saturated heterocycles. The van der Waals surface area contributed by atoms with Gasteiger partial charge in [0.2, 0.25) is 11.8 Å². The Hall–Kier alpha value is -4.60. The van der Waals surface area contributed by atoms with E-state index in [0.717, 1.165) is 81.8 Å². The predicted octanol–water partition coefficient (Wildman–Crippen LogP) is 6.86. The highest BCUT2D eigenvalue weighted by Gasteiger charge is 2.65. The number of hydrogen-bond acceptors (Lipinski definition) is 10. The van der Waals surface area contributed by atoms with E-state index in [1.807, 2.05) is 24.3 Å². The van der Waals surface area contributed by atoms with Gasteiger partial charge >= 0.3 is 0 Å². The van der Waals surface area contributed by atoms with Gasteiger partial charge in [-0.15, -0.1) is 0 Å². The van der Waals surface area contributed by atoms with Crippen LogP contribution in [0.1, 0.15) is 114 Å². The molecular weight excluding hydrogens is 778 g/mol. The normalized spacial score (nSPS) is 28.9. The summed E-state index contributed by atoms with van der Waals surface area (Å²) in [6.07, 6.45) is 10.9. The largest absolute Gasteiger partial charge is 0.490 e. The Morgan fingerprint density at radius 3 is 2.33 bits per heavy atom. The zero-order chi connectivity index (χ0) is 42.3. The van der Waals surface area contributed by atoms with Crippen molar-refractivity contribution in [1.82, 2.24) is 24.9 Å². The van der Waals surface area contributed by atoms with Crippen LogP contribution >= 0.6 is 11.6 Å². The van der Waals surface area contributed by atoms with Crippen LogP contribution in [0, 0.1) is 28.1 Å². The van der Waals surface area contributed by atoms with Gasteiger partial charge < -0.3 is 24.2 Å². The fourth-order valence-corrected chi connectivity index (χ4v) is 12.2. The van der Waals surface area contributed by atoms with E-state index in [1.165, 1.54) is 0 Å². The molecule has 1 atom stereocenters. The van der Waals surface area contributed by atoms with Crippen molar-refractivity contribution in [3.05, 3.63) is 70.1 Å². The third-order valence-corrected chi connectivity index (χ3v) is 15.1. The maximum Gasteiger partial charge on any atom is 0.255 e. The second-order valence-corrected chi connectivity index (χ2v) is 20.2. The van der Waals surface area contributed by atoms with Crippen LogP contribution in [-0.4, -0.2) is 106 Å². The smallest absolute Gasteiger partial charge is 0.255 e. The lowest BCUT2D eigenvalue weighted by Gasteiger charge is -2.66. The van der Waals surface area contributed by atoms with Gasteiger partial charge in [0.15, 0.2) is 0 Å². The summed E-state index contributed by atoms with van der Waals surface area (Å²) in [5.74, 6) is 2.37. The number of hydrogen-bond donors (Lipinski definition) is 1. The van der Waals surface area contributed by atoms with E-state index in [0.29, 0.717) is 46.3 Å². The highest BCUT2D eigenvalue weighted by Crippen LogP contribution is 2.59. The van der Waals surface area contributed by atoms with Crippen LogP contribution in [0.5, 0.6) is 11.5 Å². The molecule has 3 amide bonds. The van der Waals surface area contributed by atoms with Crippen molar-refractivity contribution < 1.29 is 23.9 Å². The number of carbonyl (C=O) groups is 3. The Kier molecular flexibility index (Phi) is 10.3. The molecule has 7 aliphatic rings. The van der Waals surface area contributed by atoms with E-state index in [1.54, 1.807) is 17.0 Å². The van der Waals surface area contributed by atoms with Gasteiger partial charge in [-0.25, -0.2) is 4.99 Å². The van der Waals surface area contributed by atoms with E-state index in [-0.39, 0.29) is 53.2 Å². The minimum absolute atomic E-state index is 0.0346. The summed E-state index contributed by atoms with van der Waals surface area (Å²) in [6, 6.07) is 13.8. The van der Waals surface area contributed by atoms with Gasteiger partial charge in [0, 0.05) is 91.9 Å². The van der Waals surface area contributed by atoms with Crippen LogP contribution in [0.4, 0.5) is 0 Å². The number of piperidine rings is 2. The maximum atomic E-state index is 13.6. The molecule has 4 aliphatic heterocycles. The molecule has 0 radical (unpaired) electrons. The second-order valence-electron chi connectivity index (χ2n) is 19.8. The summed E-state index contributed by atoms with van der Waals surface area (Å²) in [4.78, 5) is 52.4. The molecule has 0 bridgehead atoms. The first-order valence-corrected chi connectivity index (χ1v) is 22.3. The lowest BCUT2D eigenvalue weighted by atomic mass is 9.49. The number of carbonyl (C=O) groups excluding carboxylic acids is 3. The number of nitrogens with one attached hydrogen (secondary N) is 1. The number of nitrogens with zero attached hydrogens (tertiary/aromatic N) is 6. The van der Waals surface area contributed by atoms with Gasteiger partial charge in [-0.2, -0.15) is 5.26 Å². The monoisotopic (exact) mass is 835 g/mol. The standard InChI is InChI=1S/C47H58ClN7O5/c1-28(2)54(31-21-34(22-31)59-32-9-10-35-36(23-32)47(15-16-47)55(42(35)58)38-11-12-40(56)51-41(38)57)26-29-13-18-52(19-14-29)39-27-53(20-17-50-39)43-45(3,4)44(46(43,5)6)60-33-8-7-30(25-49)37(48)24-33/h7-10,17,23-24,27-29,31,34,38,43-44H,11-16,18-22,26H2,1-6H3,(H,51,56,57)/t31?,34?,38-,43?,44?/m1/s1. The zero-order valence-electron chi connectivity index (χ0n) is 35.7. The first kappa shape index (κ1) is 40.8. The fourth-order valence-electron chi connectivity index (χ4n) is 12.0.